The van der Waals surface area contributed by atoms with E-state index in [-0.39, 0.29) is 6.10 Å². The first-order valence-electron chi connectivity index (χ1n) is 5.56. The number of ether oxygens (including phenoxy) is 1. The molecule has 0 spiro atoms. The number of nitrogens with zero attached hydrogens (tertiary/aromatic N) is 3. The average molecular weight is 221 g/mol. The third kappa shape index (κ3) is 2.75. The van der Waals surface area contributed by atoms with Crippen LogP contribution in [0.1, 0.15) is 38.4 Å². The van der Waals surface area contributed by atoms with Crippen molar-refractivity contribution in [3.8, 4) is 11.9 Å². The summed E-state index contributed by atoms with van der Waals surface area (Å²) < 4.78 is 7.41. The van der Waals surface area contributed by atoms with Gasteiger partial charge in [-0.2, -0.15) is 10.4 Å². The monoisotopic (exact) mass is 221 g/mol. The Labute approximate surface area is 96.8 Å². The Morgan fingerprint density at radius 3 is 2.56 bits per heavy atom. The smallest absolute Gasteiger partial charge is 0.230 e. The highest BCUT2D eigenvalue weighted by Crippen LogP contribution is 2.22. The first-order chi connectivity index (χ1) is 7.45. The summed E-state index contributed by atoms with van der Waals surface area (Å²) in [5, 5.41) is 13.2. The predicted octanol–water partition coefficient (Wildman–Crippen LogP) is 2.41. The lowest BCUT2D eigenvalue weighted by molar-refractivity contribution is 0.177. The summed E-state index contributed by atoms with van der Waals surface area (Å²) >= 11 is 0. The third-order valence-electron chi connectivity index (χ3n) is 2.40. The second kappa shape index (κ2) is 5.02. The number of nitriles is 1. The fraction of sp³-hybridized carbons (Fsp3) is 0.667. The highest BCUT2D eigenvalue weighted by Gasteiger charge is 2.17. The van der Waals surface area contributed by atoms with Crippen LogP contribution in [-0.2, 0) is 7.05 Å². The molecular weight excluding hydrogens is 202 g/mol. The van der Waals surface area contributed by atoms with Crippen molar-refractivity contribution in [1.29, 1.82) is 5.26 Å². The van der Waals surface area contributed by atoms with Crippen LogP contribution in [0.3, 0.4) is 0 Å². The van der Waals surface area contributed by atoms with Crippen molar-refractivity contribution >= 4 is 0 Å². The number of rotatable bonds is 4. The highest BCUT2D eigenvalue weighted by atomic mass is 16.5. The molecule has 16 heavy (non-hydrogen) atoms. The van der Waals surface area contributed by atoms with Gasteiger partial charge in [0.25, 0.3) is 0 Å². The molecule has 1 unspecified atom stereocenters. The molecule has 4 nitrogen and oxygen atoms in total. The first kappa shape index (κ1) is 12.6. The quantitative estimate of drug-likeness (QED) is 0.784. The van der Waals surface area contributed by atoms with Crippen LogP contribution >= 0.6 is 0 Å². The molecule has 1 rings (SSSR count). The minimum atomic E-state index is 0.0990. The van der Waals surface area contributed by atoms with Gasteiger partial charge in [-0.3, -0.25) is 0 Å². The Bertz CT molecular complexity index is 401. The van der Waals surface area contributed by atoms with E-state index < -0.39 is 0 Å². The van der Waals surface area contributed by atoms with Gasteiger partial charge in [0.1, 0.15) is 11.6 Å². The van der Waals surface area contributed by atoms with E-state index in [9.17, 15) is 0 Å². The van der Waals surface area contributed by atoms with Gasteiger partial charge >= 0.3 is 0 Å². The molecule has 0 aliphatic rings. The maximum absolute atomic E-state index is 9.02. The van der Waals surface area contributed by atoms with Gasteiger partial charge in [0.05, 0.1) is 11.8 Å². The number of aromatic nitrogens is 2. The molecule has 0 bridgehead atoms. The largest absolute Gasteiger partial charge is 0.474 e. The first-order valence-corrected chi connectivity index (χ1v) is 5.56. The zero-order chi connectivity index (χ0) is 12.3. The fourth-order valence-corrected chi connectivity index (χ4v) is 1.80. The summed E-state index contributed by atoms with van der Waals surface area (Å²) in [4.78, 5) is 0. The molecule has 1 aromatic heterocycles. The lowest BCUT2D eigenvalue weighted by atomic mass is 10.1. The SMILES string of the molecule is Cc1nn(C)c(OC(C)CC(C)C)c1C#N. The zero-order valence-electron chi connectivity index (χ0n) is 10.6. The summed E-state index contributed by atoms with van der Waals surface area (Å²) in [6, 6.07) is 2.14. The number of hydrogen-bond donors (Lipinski definition) is 0. The molecule has 0 aliphatic carbocycles. The van der Waals surface area contributed by atoms with Crippen molar-refractivity contribution < 1.29 is 4.74 Å². The summed E-state index contributed by atoms with van der Waals surface area (Å²) in [7, 11) is 1.80. The molecule has 0 aromatic carbocycles. The lowest BCUT2D eigenvalue weighted by Crippen LogP contribution is -2.16. The number of hydrogen-bond acceptors (Lipinski definition) is 3. The van der Waals surface area contributed by atoms with Crippen molar-refractivity contribution in [1.82, 2.24) is 9.78 Å². The van der Waals surface area contributed by atoms with E-state index in [2.05, 4.69) is 25.0 Å². The van der Waals surface area contributed by atoms with Gasteiger partial charge in [-0.1, -0.05) is 13.8 Å². The zero-order valence-corrected chi connectivity index (χ0v) is 10.6. The van der Waals surface area contributed by atoms with Gasteiger partial charge < -0.3 is 4.74 Å². The Kier molecular flexibility index (Phi) is 3.94. The topological polar surface area (TPSA) is 50.8 Å². The molecule has 0 aliphatic heterocycles. The van der Waals surface area contributed by atoms with E-state index >= 15 is 0 Å². The second-order valence-electron chi connectivity index (χ2n) is 4.56. The van der Waals surface area contributed by atoms with E-state index in [1.54, 1.807) is 11.7 Å². The molecule has 0 saturated heterocycles. The van der Waals surface area contributed by atoms with E-state index in [0.717, 1.165) is 12.1 Å². The van der Waals surface area contributed by atoms with Gasteiger partial charge in [0.2, 0.25) is 5.88 Å². The minimum Gasteiger partial charge on any atom is -0.474 e. The molecule has 1 heterocycles. The molecule has 0 amide bonds. The average Bonchev–Trinajstić information content (AvgIpc) is 2.40. The van der Waals surface area contributed by atoms with Gasteiger partial charge in [0.15, 0.2) is 0 Å². The van der Waals surface area contributed by atoms with Crippen LogP contribution in [0.2, 0.25) is 0 Å². The number of aryl methyl sites for hydroxylation is 2. The van der Waals surface area contributed by atoms with Crippen molar-refractivity contribution in [2.75, 3.05) is 0 Å². The Morgan fingerprint density at radius 2 is 2.06 bits per heavy atom. The van der Waals surface area contributed by atoms with Crippen molar-refractivity contribution in [3.05, 3.63) is 11.3 Å². The molecule has 1 aromatic rings. The van der Waals surface area contributed by atoms with Gasteiger partial charge in [-0.15, -0.1) is 0 Å². The normalized spacial score (nSPS) is 12.6. The van der Waals surface area contributed by atoms with Gasteiger partial charge in [-0.05, 0) is 26.2 Å². The molecule has 0 N–H and O–H groups in total. The molecule has 0 radical (unpaired) electrons. The molecule has 4 heteroatoms. The maximum atomic E-state index is 9.02. The van der Waals surface area contributed by atoms with Crippen molar-refractivity contribution in [2.45, 2.75) is 40.2 Å². The maximum Gasteiger partial charge on any atom is 0.230 e. The fourth-order valence-electron chi connectivity index (χ4n) is 1.80. The Hall–Kier alpha value is -1.50. The van der Waals surface area contributed by atoms with Crippen molar-refractivity contribution in [2.24, 2.45) is 13.0 Å². The summed E-state index contributed by atoms with van der Waals surface area (Å²) in [5.41, 5.74) is 1.26. The van der Waals surface area contributed by atoms with Gasteiger partial charge in [-0.25, -0.2) is 4.68 Å². The Balaban J connectivity index is 2.85. The molecule has 0 saturated carbocycles. The molecule has 1 atom stereocenters. The molecule has 0 fully saturated rings. The van der Waals surface area contributed by atoms with Crippen LogP contribution in [0.4, 0.5) is 0 Å². The lowest BCUT2D eigenvalue weighted by Gasteiger charge is -2.16. The highest BCUT2D eigenvalue weighted by molar-refractivity contribution is 5.42. The standard InChI is InChI=1S/C12H19N3O/c1-8(2)6-9(3)16-12-11(7-13)10(4)14-15(12)5/h8-9H,6H2,1-5H3. The third-order valence-corrected chi connectivity index (χ3v) is 2.40. The van der Waals surface area contributed by atoms with Crippen LogP contribution in [0.15, 0.2) is 0 Å². The summed E-state index contributed by atoms with van der Waals surface area (Å²) in [6.07, 6.45) is 1.07. The van der Waals surface area contributed by atoms with Crippen LogP contribution in [0.5, 0.6) is 5.88 Å². The van der Waals surface area contributed by atoms with Gasteiger partial charge in [0, 0.05) is 7.05 Å². The van der Waals surface area contributed by atoms with Crippen LogP contribution in [-0.4, -0.2) is 15.9 Å². The van der Waals surface area contributed by atoms with E-state index in [1.807, 2.05) is 13.8 Å². The van der Waals surface area contributed by atoms with E-state index in [0.29, 0.717) is 17.4 Å². The van der Waals surface area contributed by atoms with Crippen LogP contribution in [0.25, 0.3) is 0 Å². The van der Waals surface area contributed by atoms with Crippen LogP contribution in [0, 0.1) is 24.2 Å². The molecular formula is C12H19N3O. The summed E-state index contributed by atoms with van der Waals surface area (Å²) in [5.74, 6) is 1.16. The van der Waals surface area contributed by atoms with E-state index in [4.69, 9.17) is 10.00 Å². The summed E-state index contributed by atoms with van der Waals surface area (Å²) in [6.45, 7) is 8.14. The van der Waals surface area contributed by atoms with Crippen LogP contribution < -0.4 is 4.74 Å². The predicted molar refractivity (Wildman–Crippen MR) is 62.2 cm³/mol. The van der Waals surface area contributed by atoms with E-state index in [1.165, 1.54) is 0 Å². The second-order valence-corrected chi connectivity index (χ2v) is 4.56. The minimum absolute atomic E-state index is 0.0990. The molecule has 88 valence electrons. The Morgan fingerprint density at radius 1 is 1.44 bits per heavy atom. The van der Waals surface area contributed by atoms with Crippen molar-refractivity contribution in [3.63, 3.8) is 0 Å².